The highest BCUT2D eigenvalue weighted by atomic mass is 79.9. The van der Waals surface area contributed by atoms with Gasteiger partial charge in [0.05, 0.1) is 23.1 Å². The van der Waals surface area contributed by atoms with Crippen LogP contribution in [0.15, 0.2) is 28.7 Å². The summed E-state index contributed by atoms with van der Waals surface area (Å²) in [7, 11) is 1.32. The van der Waals surface area contributed by atoms with Crippen molar-refractivity contribution >= 4 is 44.9 Å². The lowest BCUT2D eigenvalue weighted by atomic mass is 9.84. The highest BCUT2D eigenvalue weighted by Crippen LogP contribution is 2.46. The van der Waals surface area contributed by atoms with Gasteiger partial charge in [0.1, 0.15) is 0 Å². The normalized spacial score (nSPS) is 18.1. The average Bonchev–Trinajstić information content (AvgIpc) is 3.14. The topological polar surface area (TPSA) is 73.9 Å². The van der Waals surface area contributed by atoms with E-state index in [1.807, 2.05) is 12.1 Å². The maximum atomic E-state index is 12.3. The Morgan fingerprint density at radius 1 is 1.19 bits per heavy atom. The molecule has 1 aliphatic carbocycles. The Morgan fingerprint density at radius 2 is 1.94 bits per heavy atom. The Bertz CT molecular complexity index is 936. The zero-order chi connectivity index (χ0) is 23.1. The van der Waals surface area contributed by atoms with Gasteiger partial charge in [-0.3, -0.25) is 0 Å². The van der Waals surface area contributed by atoms with Gasteiger partial charge >= 0.3 is 11.9 Å². The van der Waals surface area contributed by atoms with E-state index in [1.165, 1.54) is 50.6 Å². The SMILES string of the molecule is CCOC(=O)COc1c(C(=O)OC)sc(-c2cccc(NC3CCC(CC)CC3)c2)c1Br. The summed E-state index contributed by atoms with van der Waals surface area (Å²) in [5, 5.41) is 3.67. The number of benzene rings is 1. The Labute approximate surface area is 201 Å². The molecular weight excluding hydrogens is 494 g/mol. The molecule has 1 fully saturated rings. The third kappa shape index (κ3) is 6.04. The quantitative estimate of drug-likeness (QED) is 0.389. The summed E-state index contributed by atoms with van der Waals surface area (Å²) in [6, 6.07) is 8.62. The molecule has 6 nitrogen and oxygen atoms in total. The van der Waals surface area contributed by atoms with Gasteiger partial charge < -0.3 is 19.5 Å². The van der Waals surface area contributed by atoms with Crippen molar-refractivity contribution in [2.24, 2.45) is 5.92 Å². The second-order valence-corrected chi connectivity index (χ2v) is 9.65. The van der Waals surface area contributed by atoms with Gasteiger partial charge in [-0.25, -0.2) is 9.59 Å². The lowest BCUT2D eigenvalue weighted by Crippen LogP contribution is -2.25. The molecule has 0 amide bonds. The fraction of sp³-hybridized carbons (Fsp3) is 0.500. The molecule has 0 aliphatic heterocycles. The van der Waals surface area contributed by atoms with Gasteiger partial charge in [0.15, 0.2) is 17.2 Å². The first kappa shape index (κ1) is 24.6. The highest BCUT2D eigenvalue weighted by Gasteiger charge is 2.26. The minimum Gasteiger partial charge on any atom is -0.479 e. The molecule has 1 saturated carbocycles. The molecule has 2 aromatic rings. The van der Waals surface area contributed by atoms with Crippen LogP contribution in [0.1, 0.15) is 55.6 Å². The van der Waals surface area contributed by atoms with Gasteiger partial charge in [0.2, 0.25) is 0 Å². The molecule has 1 N–H and O–H groups in total. The third-order valence-corrected chi connectivity index (χ3v) is 7.96. The van der Waals surface area contributed by atoms with E-state index in [1.54, 1.807) is 6.92 Å². The van der Waals surface area contributed by atoms with Crippen LogP contribution in [0, 0.1) is 5.92 Å². The Morgan fingerprint density at radius 3 is 2.59 bits per heavy atom. The number of halogens is 1. The zero-order valence-electron chi connectivity index (χ0n) is 18.7. The van der Waals surface area contributed by atoms with E-state index in [-0.39, 0.29) is 13.2 Å². The zero-order valence-corrected chi connectivity index (χ0v) is 21.1. The Hall–Kier alpha value is -2.06. The molecule has 0 saturated heterocycles. The molecule has 0 spiro atoms. The fourth-order valence-corrected chi connectivity index (χ4v) is 5.94. The molecule has 1 heterocycles. The standard InChI is InChI=1S/C24H30BrNO5S/c1-4-15-9-11-17(12-10-15)26-18-8-6-7-16(13-18)22-20(25)21(23(32-22)24(28)29-3)31-14-19(27)30-5-2/h6-8,13,15,17,26H,4-5,9-12,14H2,1-3H3. The van der Waals surface area contributed by atoms with Crippen molar-refractivity contribution in [3.05, 3.63) is 33.6 Å². The van der Waals surface area contributed by atoms with Crippen LogP contribution in [0.4, 0.5) is 5.69 Å². The summed E-state index contributed by atoms with van der Waals surface area (Å²) in [6.45, 7) is 3.98. The minimum atomic E-state index is -0.511. The molecule has 0 bridgehead atoms. The number of hydrogen-bond acceptors (Lipinski definition) is 7. The van der Waals surface area contributed by atoms with Crippen molar-refractivity contribution in [1.82, 2.24) is 0 Å². The number of hydrogen-bond donors (Lipinski definition) is 1. The van der Waals surface area contributed by atoms with Crippen LogP contribution in [-0.2, 0) is 14.3 Å². The van der Waals surface area contributed by atoms with Crippen molar-refractivity contribution in [2.75, 3.05) is 25.6 Å². The number of methoxy groups -OCH3 is 1. The summed E-state index contributed by atoms with van der Waals surface area (Å²) in [4.78, 5) is 25.2. The van der Waals surface area contributed by atoms with Crippen molar-refractivity contribution in [3.8, 4) is 16.2 Å². The lowest BCUT2D eigenvalue weighted by molar-refractivity contribution is -0.145. The molecule has 1 aliphatic rings. The van der Waals surface area contributed by atoms with Gasteiger partial charge in [-0.15, -0.1) is 11.3 Å². The molecule has 0 unspecified atom stereocenters. The average molecular weight is 524 g/mol. The number of anilines is 1. The van der Waals surface area contributed by atoms with Crippen LogP contribution in [0.2, 0.25) is 0 Å². The second-order valence-electron chi connectivity index (χ2n) is 7.84. The number of carbonyl (C=O) groups is 2. The van der Waals surface area contributed by atoms with Gasteiger partial charge in [-0.1, -0.05) is 25.5 Å². The van der Waals surface area contributed by atoms with Crippen LogP contribution in [-0.4, -0.2) is 38.3 Å². The molecule has 1 aromatic heterocycles. The number of rotatable bonds is 9. The van der Waals surface area contributed by atoms with Crippen LogP contribution in [0.5, 0.6) is 5.75 Å². The first-order chi connectivity index (χ1) is 15.5. The molecule has 0 radical (unpaired) electrons. The number of thiophene rings is 1. The van der Waals surface area contributed by atoms with E-state index in [0.29, 0.717) is 21.1 Å². The molecular formula is C24H30BrNO5S. The third-order valence-electron chi connectivity index (χ3n) is 5.74. The summed E-state index contributed by atoms with van der Waals surface area (Å²) in [5.74, 6) is 0.141. The first-order valence-electron chi connectivity index (χ1n) is 11.0. The summed E-state index contributed by atoms with van der Waals surface area (Å²) < 4.78 is 16.1. The number of carbonyl (C=O) groups excluding carboxylic acids is 2. The van der Waals surface area contributed by atoms with Gasteiger partial charge in [-0.2, -0.15) is 0 Å². The molecule has 32 heavy (non-hydrogen) atoms. The predicted molar refractivity (Wildman–Crippen MR) is 131 cm³/mol. The van der Waals surface area contributed by atoms with E-state index in [2.05, 4.69) is 40.3 Å². The van der Waals surface area contributed by atoms with Crippen molar-refractivity contribution in [3.63, 3.8) is 0 Å². The monoisotopic (exact) mass is 523 g/mol. The van der Waals surface area contributed by atoms with Gasteiger partial charge in [-0.05, 0) is 72.2 Å². The smallest absolute Gasteiger partial charge is 0.351 e. The Kier molecular flexibility index (Phi) is 8.99. The first-order valence-corrected chi connectivity index (χ1v) is 12.6. The van der Waals surface area contributed by atoms with Crippen LogP contribution in [0.25, 0.3) is 10.4 Å². The summed E-state index contributed by atoms with van der Waals surface area (Å²) in [5.41, 5.74) is 2.00. The van der Waals surface area contributed by atoms with E-state index in [4.69, 9.17) is 14.2 Å². The van der Waals surface area contributed by atoms with Gasteiger partial charge in [0, 0.05) is 11.7 Å². The largest absolute Gasteiger partial charge is 0.479 e. The lowest BCUT2D eigenvalue weighted by Gasteiger charge is -2.29. The molecule has 3 rings (SSSR count). The number of nitrogens with one attached hydrogen (secondary N) is 1. The maximum absolute atomic E-state index is 12.3. The number of esters is 2. The molecule has 1 aromatic carbocycles. The Balaban J connectivity index is 1.81. The van der Waals surface area contributed by atoms with E-state index in [0.717, 1.165) is 22.0 Å². The van der Waals surface area contributed by atoms with Gasteiger partial charge in [0.25, 0.3) is 0 Å². The van der Waals surface area contributed by atoms with Crippen LogP contribution in [0.3, 0.4) is 0 Å². The molecule has 8 heteroatoms. The fourth-order valence-electron chi connectivity index (χ4n) is 3.97. The van der Waals surface area contributed by atoms with Crippen molar-refractivity contribution in [2.45, 2.75) is 52.0 Å². The summed E-state index contributed by atoms with van der Waals surface area (Å²) >= 11 is 4.84. The van der Waals surface area contributed by atoms with E-state index < -0.39 is 11.9 Å². The van der Waals surface area contributed by atoms with E-state index >= 15 is 0 Å². The minimum absolute atomic E-state index is 0.266. The van der Waals surface area contributed by atoms with Crippen LogP contribution < -0.4 is 10.1 Å². The highest BCUT2D eigenvalue weighted by molar-refractivity contribution is 9.10. The summed E-state index contributed by atoms with van der Waals surface area (Å²) in [6.07, 6.45) is 6.17. The van der Waals surface area contributed by atoms with E-state index in [9.17, 15) is 9.59 Å². The molecule has 174 valence electrons. The maximum Gasteiger partial charge on any atom is 0.351 e. The molecule has 0 atom stereocenters. The second kappa shape index (κ2) is 11.7. The number of ether oxygens (including phenoxy) is 3. The van der Waals surface area contributed by atoms with Crippen molar-refractivity contribution < 1.29 is 23.8 Å². The predicted octanol–water partition coefficient (Wildman–Crippen LogP) is 6.29. The van der Waals surface area contributed by atoms with Crippen molar-refractivity contribution in [1.29, 1.82) is 0 Å². The van der Waals surface area contributed by atoms with Crippen LogP contribution >= 0.6 is 27.3 Å².